The fourth-order valence-corrected chi connectivity index (χ4v) is 2.31. The molecule has 0 saturated carbocycles. The van der Waals surface area contributed by atoms with E-state index in [4.69, 9.17) is 5.26 Å². The van der Waals surface area contributed by atoms with Crippen molar-refractivity contribution in [1.29, 1.82) is 5.26 Å². The van der Waals surface area contributed by atoms with Gasteiger partial charge >= 0.3 is 0 Å². The number of anilines is 2. The van der Waals surface area contributed by atoms with Crippen LogP contribution in [-0.4, -0.2) is 20.2 Å². The summed E-state index contributed by atoms with van der Waals surface area (Å²) in [6.07, 6.45) is 0.0499. The van der Waals surface area contributed by atoms with Crippen molar-refractivity contribution in [2.24, 2.45) is 0 Å². The topological polar surface area (TPSA) is 102 Å². The minimum atomic E-state index is -0.776. The van der Waals surface area contributed by atoms with E-state index >= 15 is 0 Å². The summed E-state index contributed by atoms with van der Waals surface area (Å²) in [7, 11) is 0. The SMILES string of the molecule is N#Cc1ccc(Nc2ncnc3c2C(O)CC3O)cc1. The standard InChI is InChI=1S/C14H12N4O2/c15-6-8-1-3-9(4-2-8)18-14-12-10(19)5-11(20)13(12)16-7-17-14/h1-4,7,10-11,19-20H,5H2,(H,16,17,18). The van der Waals surface area contributed by atoms with Gasteiger partial charge in [0.2, 0.25) is 0 Å². The number of benzene rings is 1. The molecule has 0 aliphatic heterocycles. The third-order valence-corrected chi connectivity index (χ3v) is 3.29. The van der Waals surface area contributed by atoms with Gasteiger partial charge in [-0.1, -0.05) is 0 Å². The number of hydrogen-bond donors (Lipinski definition) is 3. The lowest BCUT2D eigenvalue weighted by Gasteiger charge is -2.11. The van der Waals surface area contributed by atoms with Crippen LogP contribution < -0.4 is 5.32 Å². The first kappa shape index (κ1) is 12.5. The van der Waals surface area contributed by atoms with Crippen LogP contribution in [0.4, 0.5) is 11.5 Å². The minimum absolute atomic E-state index is 0.232. The number of nitriles is 1. The number of aliphatic hydroxyl groups is 2. The average Bonchev–Trinajstić information content (AvgIpc) is 2.76. The minimum Gasteiger partial charge on any atom is -0.388 e. The third-order valence-electron chi connectivity index (χ3n) is 3.29. The van der Waals surface area contributed by atoms with Crippen molar-refractivity contribution < 1.29 is 10.2 Å². The van der Waals surface area contributed by atoms with Gasteiger partial charge in [-0.2, -0.15) is 5.26 Å². The predicted molar refractivity (Wildman–Crippen MR) is 71.0 cm³/mol. The average molecular weight is 268 g/mol. The predicted octanol–water partition coefficient (Wildman–Crippen LogP) is 1.56. The summed E-state index contributed by atoms with van der Waals surface area (Å²) in [5.41, 5.74) is 2.31. The first-order chi connectivity index (χ1) is 9.69. The Morgan fingerprint density at radius 3 is 2.60 bits per heavy atom. The maximum atomic E-state index is 9.97. The summed E-state index contributed by atoms with van der Waals surface area (Å²) in [5.74, 6) is 0.476. The molecule has 100 valence electrons. The first-order valence-electron chi connectivity index (χ1n) is 6.17. The van der Waals surface area contributed by atoms with Crippen LogP contribution in [-0.2, 0) is 0 Å². The number of hydrogen-bond acceptors (Lipinski definition) is 6. The van der Waals surface area contributed by atoms with Crippen LogP contribution in [0, 0.1) is 11.3 Å². The van der Waals surface area contributed by atoms with Crippen LogP contribution in [0.5, 0.6) is 0 Å². The maximum absolute atomic E-state index is 9.97. The van der Waals surface area contributed by atoms with Crippen molar-refractivity contribution in [3.63, 3.8) is 0 Å². The second kappa shape index (κ2) is 4.89. The van der Waals surface area contributed by atoms with Crippen molar-refractivity contribution >= 4 is 11.5 Å². The van der Waals surface area contributed by atoms with Crippen LogP contribution in [0.1, 0.15) is 35.4 Å². The summed E-state index contributed by atoms with van der Waals surface area (Å²) in [4.78, 5) is 8.13. The Kier molecular flexibility index (Phi) is 3.06. The van der Waals surface area contributed by atoms with Crippen LogP contribution in [0.3, 0.4) is 0 Å². The molecule has 20 heavy (non-hydrogen) atoms. The van der Waals surface area contributed by atoms with Crippen LogP contribution in [0.2, 0.25) is 0 Å². The molecule has 6 nitrogen and oxygen atoms in total. The molecule has 3 N–H and O–H groups in total. The summed E-state index contributed by atoms with van der Waals surface area (Å²) >= 11 is 0. The highest BCUT2D eigenvalue weighted by Crippen LogP contribution is 2.40. The van der Waals surface area contributed by atoms with Crippen LogP contribution in [0.25, 0.3) is 0 Å². The smallest absolute Gasteiger partial charge is 0.139 e. The quantitative estimate of drug-likeness (QED) is 0.764. The monoisotopic (exact) mass is 268 g/mol. The zero-order valence-electron chi connectivity index (χ0n) is 10.5. The lowest BCUT2D eigenvalue weighted by atomic mass is 10.2. The van der Waals surface area contributed by atoms with E-state index in [1.807, 2.05) is 6.07 Å². The highest BCUT2D eigenvalue weighted by molar-refractivity contribution is 5.62. The van der Waals surface area contributed by atoms with Gasteiger partial charge in [0.15, 0.2) is 0 Å². The zero-order chi connectivity index (χ0) is 14.1. The Labute approximate surface area is 115 Å². The molecule has 2 atom stereocenters. The molecule has 1 aromatic carbocycles. The van der Waals surface area contributed by atoms with Gasteiger partial charge in [-0.3, -0.25) is 0 Å². The first-order valence-corrected chi connectivity index (χ1v) is 6.17. The molecule has 0 bridgehead atoms. The molecule has 1 aliphatic carbocycles. The van der Waals surface area contributed by atoms with E-state index in [0.717, 1.165) is 5.69 Å². The van der Waals surface area contributed by atoms with Gasteiger partial charge in [-0.25, -0.2) is 9.97 Å². The van der Waals surface area contributed by atoms with E-state index in [2.05, 4.69) is 15.3 Å². The van der Waals surface area contributed by atoms with Crippen molar-refractivity contribution in [3.05, 3.63) is 47.4 Å². The number of fused-ring (bicyclic) bond motifs is 1. The van der Waals surface area contributed by atoms with E-state index in [-0.39, 0.29) is 6.42 Å². The van der Waals surface area contributed by atoms with Gasteiger partial charge in [0, 0.05) is 17.7 Å². The molecular weight excluding hydrogens is 256 g/mol. The van der Waals surface area contributed by atoms with Crippen molar-refractivity contribution in [2.75, 3.05) is 5.32 Å². The molecule has 2 aromatic rings. The molecule has 1 heterocycles. The molecule has 1 aliphatic rings. The van der Waals surface area contributed by atoms with Crippen molar-refractivity contribution in [1.82, 2.24) is 9.97 Å². The number of aromatic nitrogens is 2. The molecular formula is C14H12N4O2. The Morgan fingerprint density at radius 2 is 1.90 bits per heavy atom. The Morgan fingerprint density at radius 1 is 1.15 bits per heavy atom. The molecule has 0 spiro atoms. The largest absolute Gasteiger partial charge is 0.388 e. The zero-order valence-corrected chi connectivity index (χ0v) is 10.5. The van der Waals surface area contributed by atoms with E-state index in [1.165, 1.54) is 6.33 Å². The number of rotatable bonds is 2. The third kappa shape index (κ3) is 2.09. The molecule has 0 amide bonds. The summed E-state index contributed by atoms with van der Waals surface area (Å²) < 4.78 is 0. The van der Waals surface area contributed by atoms with Crippen LogP contribution in [0.15, 0.2) is 30.6 Å². The molecule has 6 heteroatoms. The fraction of sp³-hybridized carbons (Fsp3) is 0.214. The molecule has 0 fully saturated rings. The van der Waals surface area contributed by atoms with E-state index in [9.17, 15) is 10.2 Å². The lowest BCUT2D eigenvalue weighted by Crippen LogP contribution is -2.03. The lowest BCUT2D eigenvalue weighted by molar-refractivity contribution is 0.106. The van der Waals surface area contributed by atoms with E-state index in [1.54, 1.807) is 24.3 Å². The second-order valence-corrected chi connectivity index (χ2v) is 4.60. The molecule has 1 aromatic heterocycles. The molecule has 2 unspecified atom stereocenters. The number of aliphatic hydroxyl groups excluding tert-OH is 2. The van der Waals surface area contributed by atoms with E-state index < -0.39 is 12.2 Å². The summed E-state index contributed by atoms with van der Waals surface area (Å²) in [6, 6.07) is 8.93. The fourth-order valence-electron chi connectivity index (χ4n) is 2.31. The number of nitrogens with one attached hydrogen (secondary N) is 1. The summed E-state index contributed by atoms with van der Waals surface area (Å²) in [5, 5.41) is 31.6. The van der Waals surface area contributed by atoms with Gasteiger partial charge in [0.05, 0.1) is 29.5 Å². The normalized spacial score (nSPS) is 20.2. The van der Waals surface area contributed by atoms with Crippen molar-refractivity contribution in [3.8, 4) is 6.07 Å². The Hall–Kier alpha value is -2.49. The Bertz CT molecular complexity index is 679. The van der Waals surface area contributed by atoms with E-state index in [0.29, 0.717) is 22.6 Å². The van der Waals surface area contributed by atoms with Gasteiger partial charge in [0.1, 0.15) is 12.1 Å². The van der Waals surface area contributed by atoms with Crippen molar-refractivity contribution in [2.45, 2.75) is 18.6 Å². The highest BCUT2D eigenvalue weighted by atomic mass is 16.3. The van der Waals surface area contributed by atoms with Gasteiger partial charge in [-0.15, -0.1) is 0 Å². The van der Waals surface area contributed by atoms with Gasteiger partial charge in [-0.05, 0) is 24.3 Å². The summed E-state index contributed by atoms with van der Waals surface area (Å²) in [6.45, 7) is 0. The molecule has 3 rings (SSSR count). The highest BCUT2D eigenvalue weighted by Gasteiger charge is 2.32. The van der Waals surface area contributed by atoms with Crippen LogP contribution >= 0.6 is 0 Å². The maximum Gasteiger partial charge on any atom is 0.139 e. The van der Waals surface area contributed by atoms with Gasteiger partial charge < -0.3 is 15.5 Å². The molecule has 0 saturated heterocycles. The number of nitrogens with zero attached hydrogens (tertiary/aromatic N) is 3. The second-order valence-electron chi connectivity index (χ2n) is 4.60. The van der Waals surface area contributed by atoms with Gasteiger partial charge in [0.25, 0.3) is 0 Å². The Balaban J connectivity index is 1.94. The molecule has 0 radical (unpaired) electrons.